The summed E-state index contributed by atoms with van der Waals surface area (Å²) in [4.78, 5) is 25.9. The van der Waals surface area contributed by atoms with Crippen molar-refractivity contribution in [2.75, 3.05) is 0 Å². The van der Waals surface area contributed by atoms with Crippen LogP contribution in [0.2, 0.25) is 0 Å². The number of para-hydroxylation sites is 1. The van der Waals surface area contributed by atoms with Crippen LogP contribution in [0.4, 0.5) is 10.1 Å². The van der Waals surface area contributed by atoms with Gasteiger partial charge in [-0.1, -0.05) is 12.1 Å². The van der Waals surface area contributed by atoms with Gasteiger partial charge in [0.1, 0.15) is 5.82 Å². The fourth-order valence-corrected chi connectivity index (χ4v) is 6.37. The molecule has 1 heterocycles. The van der Waals surface area contributed by atoms with Crippen molar-refractivity contribution in [3.63, 3.8) is 0 Å². The Morgan fingerprint density at radius 2 is 1.89 bits per heavy atom. The van der Waals surface area contributed by atoms with E-state index >= 15 is 0 Å². The molecule has 4 N–H and O–H groups in total. The van der Waals surface area contributed by atoms with Crippen LogP contribution >= 0.6 is 0 Å². The van der Waals surface area contributed by atoms with E-state index in [2.05, 4.69) is 9.71 Å². The molecule has 2 aromatic carbocycles. The molecule has 186 valence electrons. The second-order valence-electron chi connectivity index (χ2n) is 9.08. The normalized spacial score (nSPS) is 19.5. The topological polar surface area (TPSA) is 148 Å². The first-order valence-electron chi connectivity index (χ1n) is 11.4. The van der Waals surface area contributed by atoms with Gasteiger partial charge in [0.15, 0.2) is 4.90 Å². The molecule has 1 aliphatic rings. The van der Waals surface area contributed by atoms with Crippen LogP contribution in [0.1, 0.15) is 36.8 Å². The Balaban J connectivity index is 1.74. The lowest BCUT2D eigenvalue weighted by atomic mass is 9.80. The van der Waals surface area contributed by atoms with E-state index in [1.54, 1.807) is 13.0 Å². The zero-order valence-electron chi connectivity index (χ0n) is 19.2. The zero-order chi connectivity index (χ0) is 25.3. The predicted molar refractivity (Wildman–Crippen MR) is 130 cm³/mol. The van der Waals surface area contributed by atoms with Crippen LogP contribution in [-0.4, -0.2) is 30.4 Å². The molecule has 1 unspecified atom stereocenters. The summed E-state index contributed by atoms with van der Waals surface area (Å²) < 4.78 is 43.0. The van der Waals surface area contributed by atoms with Crippen LogP contribution in [0.25, 0.3) is 10.9 Å². The van der Waals surface area contributed by atoms with Crippen LogP contribution < -0.4 is 16.0 Å². The molecule has 1 aromatic heterocycles. The molecule has 1 aliphatic carbocycles. The van der Waals surface area contributed by atoms with E-state index in [4.69, 9.17) is 5.73 Å². The third-order valence-corrected chi connectivity index (χ3v) is 8.37. The molecule has 0 amide bonds. The minimum atomic E-state index is -4.28. The zero-order valence-corrected chi connectivity index (χ0v) is 20.0. The summed E-state index contributed by atoms with van der Waals surface area (Å²) in [5.41, 5.74) is 6.47. The molecule has 0 bridgehead atoms. The number of aromatic amines is 1. The number of halogens is 1. The molecule has 11 heteroatoms. The van der Waals surface area contributed by atoms with Crippen molar-refractivity contribution in [1.82, 2.24) is 9.71 Å². The van der Waals surface area contributed by atoms with Gasteiger partial charge in [0.2, 0.25) is 10.0 Å². The lowest BCUT2D eigenvalue weighted by Gasteiger charge is -2.33. The standard InChI is InChI=1S/C24H27FN4O5S/c1-14-18-11-8-16(25)12-21(18)27-24(30)19(14)13-20(15-6-9-17(26)10-7-15)28-35(33,34)23-5-3-2-4-22(23)29(31)32/h2-5,8,11-12,15,17,20,28H,6-7,9-10,13,26H2,1H3,(H,27,30). The molecule has 35 heavy (non-hydrogen) atoms. The maximum atomic E-state index is 13.7. The number of nitrogens with two attached hydrogens (primary N) is 1. The second kappa shape index (κ2) is 9.84. The van der Waals surface area contributed by atoms with Crippen molar-refractivity contribution < 1.29 is 17.7 Å². The van der Waals surface area contributed by atoms with Crippen LogP contribution in [0.3, 0.4) is 0 Å². The number of aromatic nitrogens is 1. The van der Waals surface area contributed by atoms with Gasteiger partial charge in [0.25, 0.3) is 11.2 Å². The fourth-order valence-electron chi connectivity index (χ4n) is 4.89. The molecule has 0 aliphatic heterocycles. The van der Waals surface area contributed by atoms with E-state index < -0.39 is 42.9 Å². The first kappa shape index (κ1) is 25.0. The highest BCUT2D eigenvalue weighted by Crippen LogP contribution is 2.31. The number of nitro groups is 1. The van der Waals surface area contributed by atoms with Crippen LogP contribution in [0.5, 0.6) is 0 Å². The van der Waals surface area contributed by atoms with E-state index in [1.165, 1.54) is 30.3 Å². The largest absolute Gasteiger partial charge is 0.328 e. The highest BCUT2D eigenvalue weighted by atomic mass is 32.2. The van der Waals surface area contributed by atoms with Gasteiger partial charge < -0.3 is 10.7 Å². The van der Waals surface area contributed by atoms with Crippen LogP contribution in [0, 0.1) is 28.8 Å². The summed E-state index contributed by atoms with van der Waals surface area (Å²) in [5.74, 6) is -0.594. The SMILES string of the molecule is Cc1c(CC(NS(=O)(=O)c2ccccc2[N+](=O)[O-])C2CCC(N)CC2)c(=O)[nH]c2cc(F)ccc12. The average Bonchev–Trinajstić information content (AvgIpc) is 2.81. The number of hydrogen-bond donors (Lipinski definition) is 3. The van der Waals surface area contributed by atoms with Gasteiger partial charge >= 0.3 is 0 Å². The molecule has 9 nitrogen and oxygen atoms in total. The molecule has 1 saturated carbocycles. The molecule has 0 saturated heterocycles. The number of pyridine rings is 1. The van der Waals surface area contributed by atoms with Gasteiger partial charge in [0, 0.05) is 29.1 Å². The van der Waals surface area contributed by atoms with Gasteiger partial charge in [-0.25, -0.2) is 17.5 Å². The summed E-state index contributed by atoms with van der Waals surface area (Å²) in [6.45, 7) is 1.75. The number of sulfonamides is 1. The van der Waals surface area contributed by atoms with Gasteiger partial charge in [-0.15, -0.1) is 0 Å². The van der Waals surface area contributed by atoms with E-state index in [-0.39, 0.29) is 18.4 Å². The summed E-state index contributed by atoms with van der Waals surface area (Å²) in [7, 11) is -4.28. The Kier molecular flexibility index (Phi) is 7.02. The van der Waals surface area contributed by atoms with E-state index in [0.717, 1.165) is 6.07 Å². The van der Waals surface area contributed by atoms with Crippen molar-refractivity contribution in [2.24, 2.45) is 11.7 Å². The monoisotopic (exact) mass is 502 g/mol. The highest BCUT2D eigenvalue weighted by Gasteiger charge is 2.34. The van der Waals surface area contributed by atoms with Gasteiger partial charge in [-0.2, -0.15) is 0 Å². The number of nitrogens with one attached hydrogen (secondary N) is 2. The van der Waals surface area contributed by atoms with Crippen LogP contribution in [-0.2, 0) is 16.4 Å². The highest BCUT2D eigenvalue weighted by molar-refractivity contribution is 7.89. The average molecular weight is 503 g/mol. The third kappa shape index (κ3) is 5.26. The summed E-state index contributed by atoms with van der Waals surface area (Å²) in [6.07, 6.45) is 2.80. The quantitative estimate of drug-likeness (QED) is 0.333. The number of nitro benzene ring substituents is 1. The Bertz CT molecular complexity index is 1430. The summed E-state index contributed by atoms with van der Waals surface area (Å²) >= 11 is 0. The number of aryl methyl sites for hydroxylation is 1. The molecule has 3 aromatic rings. The van der Waals surface area contributed by atoms with Crippen molar-refractivity contribution >= 4 is 26.6 Å². The first-order chi connectivity index (χ1) is 16.6. The van der Waals surface area contributed by atoms with Gasteiger partial charge in [0.05, 0.1) is 10.4 Å². The van der Waals surface area contributed by atoms with Gasteiger partial charge in [-0.3, -0.25) is 14.9 Å². The van der Waals surface area contributed by atoms with E-state index in [0.29, 0.717) is 47.7 Å². The van der Waals surface area contributed by atoms with Crippen molar-refractivity contribution in [2.45, 2.75) is 56.0 Å². The Labute approximate surface area is 201 Å². The number of benzene rings is 2. The predicted octanol–water partition coefficient (Wildman–Crippen LogP) is 3.29. The second-order valence-corrected chi connectivity index (χ2v) is 10.8. The van der Waals surface area contributed by atoms with Crippen molar-refractivity contribution in [3.8, 4) is 0 Å². The van der Waals surface area contributed by atoms with Crippen LogP contribution in [0.15, 0.2) is 52.2 Å². The number of H-pyrrole nitrogens is 1. The lowest BCUT2D eigenvalue weighted by molar-refractivity contribution is -0.387. The lowest BCUT2D eigenvalue weighted by Crippen LogP contribution is -2.45. The maximum absolute atomic E-state index is 13.7. The summed E-state index contributed by atoms with van der Waals surface area (Å²) in [5, 5.41) is 12.1. The maximum Gasteiger partial charge on any atom is 0.289 e. The minimum Gasteiger partial charge on any atom is -0.328 e. The molecular weight excluding hydrogens is 475 g/mol. The van der Waals surface area contributed by atoms with Gasteiger partial charge in [-0.05, 0) is 74.8 Å². The summed E-state index contributed by atoms with van der Waals surface area (Å²) in [6, 6.07) is 8.61. The molecule has 4 rings (SSSR count). The number of rotatable bonds is 7. The Hall–Kier alpha value is -3.15. The van der Waals surface area contributed by atoms with E-state index in [1.807, 2.05) is 0 Å². The molecular formula is C24H27FN4O5S. The minimum absolute atomic E-state index is 0.0272. The number of nitrogens with zero attached hydrogens (tertiary/aromatic N) is 1. The molecule has 1 fully saturated rings. The smallest absolute Gasteiger partial charge is 0.289 e. The number of fused-ring (bicyclic) bond motifs is 1. The fraction of sp³-hybridized carbons (Fsp3) is 0.375. The van der Waals surface area contributed by atoms with E-state index in [9.17, 15) is 27.7 Å². The molecule has 0 spiro atoms. The van der Waals surface area contributed by atoms with Crippen molar-refractivity contribution in [1.29, 1.82) is 0 Å². The molecule has 1 atom stereocenters. The molecule has 0 radical (unpaired) electrons. The number of hydrogen-bond acceptors (Lipinski definition) is 6. The Morgan fingerprint density at radius 3 is 2.57 bits per heavy atom. The Morgan fingerprint density at radius 1 is 1.20 bits per heavy atom. The van der Waals surface area contributed by atoms with Crippen molar-refractivity contribution in [3.05, 3.63) is 79.9 Å². The first-order valence-corrected chi connectivity index (χ1v) is 12.9. The third-order valence-electron chi connectivity index (χ3n) is 6.83.